The summed E-state index contributed by atoms with van der Waals surface area (Å²) in [6.07, 6.45) is -0.391. The topological polar surface area (TPSA) is 128 Å². The lowest BCUT2D eigenvalue weighted by Crippen LogP contribution is -2.31. The van der Waals surface area contributed by atoms with Gasteiger partial charge >= 0.3 is 12.1 Å². The van der Waals surface area contributed by atoms with Crippen molar-refractivity contribution in [3.05, 3.63) is 68.3 Å². The van der Waals surface area contributed by atoms with Crippen LogP contribution in [0, 0.1) is 5.82 Å². The minimum absolute atomic E-state index is 0.00368. The van der Waals surface area contributed by atoms with Gasteiger partial charge in [-0.15, -0.1) is 0 Å². The third kappa shape index (κ3) is 6.98. The maximum atomic E-state index is 13.3. The minimum atomic E-state index is -1.05. The van der Waals surface area contributed by atoms with Crippen LogP contribution >= 0.6 is 39.1 Å². The van der Waals surface area contributed by atoms with Gasteiger partial charge in [0.25, 0.3) is 5.91 Å². The van der Waals surface area contributed by atoms with Crippen molar-refractivity contribution in [2.45, 2.75) is 19.8 Å². The summed E-state index contributed by atoms with van der Waals surface area (Å²) in [5.74, 6) is -1.50. The van der Waals surface area contributed by atoms with Gasteiger partial charge in [0, 0.05) is 18.8 Å². The summed E-state index contributed by atoms with van der Waals surface area (Å²) in [7, 11) is 3.05. The van der Waals surface area contributed by atoms with Gasteiger partial charge in [-0.2, -0.15) is 5.10 Å². The maximum Gasteiger partial charge on any atom is 0.417 e. The molecule has 1 unspecified atom stereocenters. The quantitative estimate of drug-likeness (QED) is 0.323. The van der Waals surface area contributed by atoms with Crippen LogP contribution in [0.4, 0.5) is 20.7 Å². The lowest BCUT2D eigenvalue weighted by molar-refractivity contribution is -0.143. The zero-order valence-electron chi connectivity index (χ0n) is 20.3. The number of carbonyl (C=O) groups is 3. The summed E-state index contributed by atoms with van der Waals surface area (Å²) in [5, 5.41) is 9.35. The first kappa shape index (κ1) is 29.3. The number of carbonyl (C=O) groups excluding carboxylic acids is 3. The van der Waals surface area contributed by atoms with Crippen molar-refractivity contribution >= 4 is 68.6 Å². The van der Waals surface area contributed by atoms with Crippen LogP contribution in [0.15, 0.2) is 41.0 Å². The summed E-state index contributed by atoms with van der Waals surface area (Å²) >= 11 is 15.5. The second kappa shape index (κ2) is 13.0. The fourth-order valence-electron chi connectivity index (χ4n) is 3.11. The van der Waals surface area contributed by atoms with E-state index in [-0.39, 0.29) is 45.0 Å². The number of nitrogens with one attached hydrogen (secondary N) is 2. The zero-order chi connectivity index (χ0) is 28.0. The number of anilines is 2. The van der Waals surface area contributed by atoms with Crippen LogP contribution in [-0.2, 0) is 20.9 Å². The Morgan fingerprint density at radius 2 is 2.00 bits per heavy atom. The summed E-state index contributed by atoms with van der Waals surface area (Å²) in [6.45, 7) is 1.42. The molecule has 2 N–H and O–H groups in total. The highest BCUT2D eigenvalue weighted by atomic mass is 79.9. The SMILES string of the molecule is CNCC(=O)OCc1cccnc1N(C)C(=O)OC(C)n1nc(C(=O)Nc2ccc(F)cc2Cl)c(Br)c1Cl. The van der Waals surface area contributed by atoms with Crippen molar-refractivity contribution < 1.29 is 28.2 Å². The Morgan fingerprint density at radius 1 is 1.26 bits per heavy atom. The minimum Gasteiger partial charge on any atom is -0.460 e. The van der Waals surface area contributed by atoms with Crippen molar-refractivity contribution in [1.82, 2.24) is 20.1 Å². The van der Waals surface area contributed by atoms with E-state index < -0.39 is 30.0 Å². The molecule has 0 aliphatic carbocycles. The molecule has 3 aromatic rings. The van der Waals surface area contributed by atoms with E-state index in [1.165, 1.54) is 26.2 Å². The first-order valence-corrected chi connectivity index (χ1v) is 12.5. The third-order valence-corrected chi connectivity index (χ3v) is 6.63. The highest BCUT2D eigenvalue weighted by Gasteiger charge is 2.27. The van der Waals surface area contributed by atoms with Crippen molar-refractivity contribution in [3.63, 3.8) is 0 Å². The van der Waals surface area contributed by atoms with Gasteiger partial charge in [-0.05, 0) is 54.2 Å². The number of nitrogens with zero attached hydrogens (tertiary/aromatic N) is 4. The number of esters is 1. The Labute approximate surface area is 235 Å². The van der Waals surface area contributed by atoms with Gasteiger partial charge in [-0.3, -0.25) is 14.5 Å². The van der Waals surface area contributed by atoms with E-state index >= 15 is 0 Å². The molecule has 202 valence electrons. The van der Waals surface area contributed by atoms with E-state index in [2.05, 4.69) is 36.6 Å². The highest BCUT2D eigenvalue weighted by Crippen LogP contribution is 2.31. The van der Waals surface area contributed by atoms with E-state index in [0.29, 0.717) is 5.56 Å². The van der Waals surface area contributed by atoms with Gasteiger partial charge in [0.05, 0.1) is 21.7 Å². The molecule has 2 aromatic heterocycles. The molecule has 0 saturated heterocycles. The Kier molecular flexibility index (Phi) is 10.0. The predicted molar refractivity (Wildman–Crippen MR) is 142 cm³/mol. The molecule has 15 heteroatoms. The molecule has 1 atom stereocenters. The van der Waals surface area contributed by atoms with Gasteiger partial charge in [0.2, 0.25) is 0 Å². The number of halogens is 4. The van der Waals surface area contributed by atoms with Crippen LogP contribution in [0.25, 0.3) is 0 Å². The van der Waals surface area contributed by atoms with E-state index in [1.807, 2.05) is 0 Å². The predicted octanol–water partition coefficient (Wildman–Crippen LogP) is 4.79. The molecule has 0 bridgehead atoms. The Balaban J connectivity index is 1.73. The average Bonchev–Trinajstić information content (AvgIpc) is 3.18. The summed E-state index contributed by atoms with van der Waals surface area (Å²) < 4.78 is 25.2. The standard InChI is InChI=1S/C23H22BrCl2FN6O5/c1-12(38-23(36)32(3)21-13(5-4-8-29-21)11-37-17(34)10-28-2)33-20(26)18(24)19(31-33)22(35)30-16-7-6-14(27)9-15(16)25/h4-9,12,28H,10-11H2,1-3H3,(H,30,35). The number of hydrogen-bond donors (Lipinski definition) is 2. The number of likely N-dealkylation sites (N-methyl/N-ethyl adjacent to an activating group) is 1. The number of pyridine rings is 1. The molecular formula is C23H22BrCl2FN6O5. The fraction of sp³-hybridized carbons (Fsp3) is 0.261. The molecule has 3 rings (SSSR count). The van der Waals surface area contributed by atoms with E-state index in [1.54, 1.807) is 19.2 Å². The molecule has 0 aliphatic rings. The van der Waals surface area contributed by atoms with Gasteiger partial charge < -0.3 is 20.1 Å². The van der Waals surface area contributed by atoms with Crippen molar-refractivity contribution in [2.24, 2.45) is 0 Å². The van der Waals surface area contributed by atoms with Crippen LogP contribution in [0.5, 0.6) is 0 Å². The van der Waals surface area contributed by atoms with Crippen molar-refractivity contribution in [3.8, 4) is 0 Å². The van der Waals surface area contributed by atoms with E-state index in [9.17, 15) is 18.8 Å². The normalized spacial score (nSPS) is 11.6. The number of rotatable bonds is 9. The van der Waals surface area contributed by atoms with Gasteiger partial charge in [0.1, 0.15) is 23.4 Å². The lowest BCUT2D eigenvalue weighted by atomic mass is 10.2. The summed E-state index contributed by atoms with van der Waals surface area (Å²) in [5.41, 5.74) is 0.518. The number of aromatic nitrogens is 3. The number of benzene rings is 1. The molecule has 2 heterocycles. The van der Waals surface area contributed by atoms with Gasteiger partial charge in [-0.25, -0.2) is 18.9 Å². The molecule has 0 saturated carbocycles. The molecule has 0 radical (unpaired) electrons. The molecule has 0 spiro atoms. The Hall–Kier alpha value is -3.26. The first-order valence-electron chi connectivity index (χ1n) is 10.9. The Bertz CT molecular complexity index is 1360. The van der Waals surface area contributed by atoms with Crippen LogP contribution in [0.2, 0.25) is 10.2 Å². The van der Waals surface area contributed by atoms with E-state index in [4.69, 9.17) is 32.7 Å². The van der Waals surface area contributed by atoms with Crippen LogP contribution in [0.1, 0.15) is 29.2 Å². The highest BCUT2D eigenvalue weighted by molar-refractivity contribution is 9.10. The third-order valence-electron chi connectivity index (χ3n) is 4.98. The number of amides is 2. The van der Waals surface area contributed by atoms with Crippen LogP contribution < -0.4 is 15.5 Å². The van der Waals surface area contributed by atoms with Crippen molar-refractivity contribution in [2.75, 3.05) is 30.9 Å². The van der Waals surface area contributed by atoms with Crippen molar-refractivity contribution in [1.29, 1.82) is 0 Å². The molecule has 1 aromatic carbocycles. The van der Waals surface area contributed by atoms with E-state index in [0.717, 1.165) is 21.7 Å². The second-order valence-electron chi connectivity index (χ2n) is 7.70. The monoisotopic (exact) mass is 630 g/mol. The maximum absolute atomic E-state index is 13.3. The summed E-state index contributed by atoms with van der Waals surface area (Å²) in [6, 6.07) is 6.78. The first-order chi connectivity index (χ1) is 18.0. The molecule has 11 nitrogen and oxygen atoms in total. The van der Waals surface area contributed by atoms with Crippen LogP contribution in [0.3, 0.4) is 0 Å². The molecule has 38 heavy (non-hydrogen) atoms. The molecule has 0 aliphatic heterocycles. The van der Waals surface area contributed by atoms with Gasteiger partial charge in [-0.1, -0.05) is 29.3 Å². The summed E-state index contributed by atoms with van der Waals surface area (Å²) in [4.78, 5) is 42.7. The second-order valence-corrected chi connectivity index (χ2v) is 9.25. The smallest absolute Gasteiger partial charge is 0.417 e. The number of hydrogen-bond acceptors (Lipinski definition) is 8. The average molecular weight is 632 g/mol. The fourth-order valence-corrected chi connectivity index (χ4v) is 4.03. The molecule has 0 fully saturated rings. The molecular weight excluding hydrogens is 610 g/mol. The number of ether oxygens (including phenoxy) is 2. The largest absolute Gasteiger partial charge is 0.460 e. The zero-order valence-corrected chi connectivity index (χ0v) is 23.4. The molecule has 2 amide bonds. The Morgan fingerprint density at radius 3 is 2.68 bits per heavy atom. The van der Waals surface area contributed by atoms with Gasteiger partial charge in [0.15, 0.2) is 11.9 Å². The van der Waals surface area contributed by atoms with Crippen LogP contribution in [-0.4, -0.2) is 53.4 Å². The lowest BCUT2D eigenvalue weighted by Gasteiger charge is -2.22.